The van der Waals surface area contributed by atoms with E-state index < -0.39 is 0 Å². The van der Waals surface area contributed by atoms with Gasteiger partial charge in [-0.05, 0) is 36.8 Å². The molecule has 1 heterocycles. The molecule has 23 heavy (non-hydrogen) atoms. The highest BCUT2D eigenvalue weighted by molar-refractivity contribution is 5.77. The molecule has 0 aliphatic carbocycles. The van der Waals surface area contributed by atoms with Crippen LogP contribution in [-0.4, -0.2) is 16.2 Å². The molecule has 3 aromatic rings. The van der Waals surface area contributed by atoms with Crippen molar-refractivity contribution < 1.29 is 4.74 Å². The lowest BCUT2D eigenvalue weighted by Crippen LogP contribution is -2.39. The molecule has 3 rings (SSSR count). The summed E-state index contributed by atoms with van der Waals surface area (Å²) in [4.78, 5) is 25.1. The van der Waals surface area contributed by atoms with Crippen molar-refractivity contribution in [3.63, 3.8) is 0 Å². The standard InChI is InChI=1S/C18H18N2O3/c1-3-19-17(21)15-6-4-5-7-16(15)20(18(19)22)12-13-8-10-14(23-2)11-9-13/h4-11H,3,12H2,1-2H3. The Balaban J connectivity index is 2.19. The number of methoxy groups -OCH3 is 1. The molecular formula is C18H18N2O3. The SMILES string of the molecule is CCn1c(=O)c2ccccc2n(Cc2ccc(OC)cc2)c1=O. The number of ether oxygens (including phenoxy) is 1. The number of para-hydroxylation sites is 1. The van der Waals surface area contributed by atoms with Crippen molar-refractivity contribution in [2.75, 3.05) is 7.11 Å². The van der Waals surface area contributed by atoms with Crippen LogP contribution in [0.1, 0.15) is 12.5 Å². The zero-order chi connectivity index (χ0) is 16.4. The Bertz CT molecular complexity index is 953. The summed E-state index contributed by atoms with van der Waals surface area (Å²) in [5.74, 6) is 0.768. The third-order valence-electron chi connectivity index (χ3n) is 3.95. The summed E-state index contributed by atoms with van der Waals surface area (Å²) in [7, 11) is 1.62. The van der Waals surface area contributed by atoms with E-state index in [4.69, 9.17) is 4.74 Å². The summed E-state index contributed by atoms with van der Waals surface area (Å²) in [5.41, 5.74) is 1.11. The third kappa shape index (κ3) is 2.65. The monoisotopic (exact) mass is 310 g/mol. The van der Waals surface area contributed by atoms with E-state index in [1.54, 1.807) is 24.7 Å². The lowest BCUT2D eigenvalue weighted by atomic mass is 10.2. The van der Waals surface area contributed by atoms with Crippen LogP contribution in [0.15, 0.2) is 58.1 Å². The fraction of sp³-hybridized carbons (Fsp3) is 0.222. The smallest absolute Gasteiger partial charge is 0.331 e. The molecule has 0 saturated carbocycles. The first-order chi connectivity index (χ1) is 11.2. The van der Waals surface area contributed by atoms with E-state index in [1.165, 1.54) is 4.57 Å². The molecule has 0 bridgehead atoms. The average Bonchev–Trinajstić information content (AvgIpc) is 2.59. The van der Waals surface area contributed by atoms with Crippen molar-refractivity contribution in [3.8, 4) is 5.75 Å². The van der Waals surface area contributed by atoms with E-state index in [2.05, 4.69) is 0 Å². The summed E-state index contributed by atoms with van der Waals surface area (Å²) >= 11 is 0. The van der Waals surface area contributed by atoms with Crippen molar-refractivity contribution in [3.05, 3.63) is 74.9 Å². The fourth-order valence-corrected chi connectivity index (χ4v) is 2.72. The molecule has 1 aromatic heterocycles. The number of benzene rings is 2. The lowest BCUT2D eigenvalue weighted by molar-refractivity contribution is 0.414. The molecule has 0 amide bonds. The molecule has 0 spiro atoms. The van der Waals surface area contributed by atoms with E-state index in [9.17, 15) is 9.59 Å². The molecule has 118 valence electrons. The minimum Gasteiger partial charge on any atom is -0.497 e. The first-order valence-electron chi connectivity index (χ1n) is 7.51. The molecule has 0 unspecified atom stereocenters. The Morgan fingerprint density at radius 1 is 0.957 bits per heavy atom. The first kappa shape index (κ1) is 15.1. The van der Waals surface area contributed by atoms with Crippen LogP contribution < -0.4 is 16.0 Å². The number of hydrogen-bond donors (Lipinski definition) is 0. The molecule has 2 aromatic carbocycles. The summed E-state index contributed by atoms with van der Waals surface area (Å²) in [6.07, 6.45) is 0. The minimum atomic E-state index is -0.285. The van der Waals surface area contributed by atoms with Crippen molar-refractivity contribution in [2.45, 2.75) is 20.0 Å². The van der Waals surface area contributed by atoms with Gasteiger partial charge in [0.25, 0.3) is 5.56 Å². The zero-order valence-corrected chi connectivity index (χ0v) is 13.2. The normalized spacial score (nSPS) is 10.9. The Labute approximate surface area is 133 Å². The lowest BCUT2D eigenvalue weighted by Gasteiger charge is -2.13. The Morgan fingerprint density at radius 3 is 2.30 bits per heavy atom. The maximum Gasteiger partial charge on any atom is 0.331 e. The minimum absolute atomic E-state index is 0.237. The second-order valence-electron chi connectivity index (χ2n) is 5.28. The predicted molar refractivity (Wildman–Crippen MR) is 90.2 cm³/mol. The Kier molecular flexibility index (Phi) is 4.02. The highest BCUT2D eigenvalue weighted by Gasteiger charge is 2.11. The Morgan fingerprint density at radius 2 is 1.65 bits per heavy atom. The zero-order valence-electron chi connectivity index (χ0n) is 13.2. The van der Waals surface area contributed by atoms with Crippen molar-refractivity contribution in [1.29, 1.82) is 0 Å². The highest BCUT2D eigenvalue weighted by atomic mass is 16.5. The first-order valence-corrected chi connectivity index (χ1v) is 7.51. The topological polar surface area (TPSA) is 53.2 Å². The largest absolute Gasteiger partial charge is 0.497 e. The molecular weight excluding hydrogens is 292 g/mol. The van der Waals surface area contributed by atoms with Crippen LogP contribution in [0.3, 0.4) is 0 Å². The molecule has 0 aliphatic rings. The van der Waals surface area contributed by atoms with Gasteiger partial charge in [-0.1, -0.05) is 24.3 Å². The van der Waals surface area contributed by atoms with Gasteiger partial charge in [0, 0.05) is 6.54 Å². The van der Waals surface area contributed by atoms with Crippen molar-refractivity contribution in [2.24, 2.45) is 0 Å². The number of rotatable bonds is 4. The van der Waals surface area contributed by atoms with Gasteiger partial charge in [0.05, 0.1) is 24.6 Å². The van der Waals surface area contributed by atoms with Crippen LogP contribution in [0.4, 0.5) is 0 Å². The van der Waals surface area contributed by atoms with Crippen LogP contribution >= 0.6 is 0 Å². The van der Waals surface area contributed by atoms with E-state index in [-0.39, 0.29) is 11.2 Å². The second-order valence-corrected chi connectivity index (χ2v) is 5.28. The summed E-state index contributed by atoms with van der Waals surface area (Å²) in [6.45, 7) is 2.56. The van der Waals surface area contributed by atoms with Crippen LogP contribution in [-0.2, 0) is 13.1 Å². The average molecular weight is 310 g/mol. The Hall–Kier alpha value is -2.82. The van der Waals surface area contributed by atoms with Crippen molar-refractivity contribution in [1.82, 2.24) is 9.13 Å². The van der Waals surface area contributed by atoms with Crippen LogP contribution in [0.25, 0.3) is 10.9 Å². The maximum absolute atomic E-state index is 12.7. The van der Waals surface area contributed by atoms with Crippen LogP contribution in [0.5, 0.6) is 5.75 Å². The fourth-order valence-electron chi connectivity index (χ4n) is 2.72. The van der Waals surface area contributed by atoms with Gasteiger partial charge in [0.2, 0.25) is 0 Å². The number of fused-ring (bicyclic) bond motifs is 1. The van der Waals surface area contributed by atoms with Crippen LogP contribution in [0, 0.1) is 0 Å². The van der Waals surface area contributed by atoms with Gasteiger partial charge in [-0.25, -0.2) is 4.79 Å². The summed E-state index contributed by atoms with van der Waals surface area (Å²) in [6, 6.07) is 14.8. The molecule has 0 fully saturated rings. The maximum atomic E-state index is 12.7. The van der Waals surface area contributed by atoms with Crippen molar-refractivity contribution >= 4 is 10.9 Å². The quantitative estimate of drug-likeness (QED) is 0.742. The van der Waals surface area contributed by atoms with Gasteiger partial charge < -0.3 is 4.74 Å². The van der Waals surface area contributed by atoms with Crippen LogP contribution in [0.2, 0.25) is 0 Å². The predicted octanol–water partition coefficient (Wildman–Crippen LogP) is 2.24. The van der Waals surface area contributed by atoms with Gasteiger partial charge in [0.1, 0.15) is 5.75 Å². The summed E-state index contributed by atoms with van der Waals surface area (Å²) < 4.78 is 8.06. The van der Waals surface area contributed by atoms with E-state index in [0.717, 1.165) is 11.3 Å². The molecule has 0 aliphatic heterocycles. The van der Waals surface area contributed by atoms with E-state index >= 15 is 0 Å². The third-order valence-corrected chi connectivity index (χ3v) is 3.95. The van der Waals surface area contributed by atoms with E-state index in [0.29, 0.717) is 24.0 Å². The van der Waals surface area contributed by atoms with Gasteiger partial charge in [-0.15, -0.1) is 0 Å². The molecule has 5 heteroatoms. The van der Waals surface area contributed by atoms with Gasteiger partial charge in [-0.2, -0.15) is 0 Å². The molecule has 0 N–H and O–H groups in total. The second kappa shape index (κ2) is 6.12. The molecule has 0 saturated heterocycles. The molecule has 0 atom stereocenters. The molecule has 0 radical (unpaired) electrons. The number of nitrogens with zero attached hydrogens (tertiary/aromatic N) is 2. The summed E-state index contributed by atoms with van der Waals surface area (Å²) in [5, 5.41) is 0.558. The van der Waals surface area contributed by atoms with Gasteiger partial charge >= 0.3 is 5.69 Å². The van der Waals surface area contributed by atoms with Gasteiger partial charge in [0.15, 0.2) is 0 Å². The highest BCUT2D eigenvalue weighted by Crippen LogP contribution is 2.14. The number of aromatic nitrogens is 2. The molecule has 5 nitrogen and oxygen atoms in total. The van der Waals surface area contributed by atoms with E-state index in [1.807, 2.05) is 42.5 Å². The number of hydrogen-bond acceptors (Lipinski definition) is 3. The van der Waals surface area contributed by atoms with Gasteiger partial charge in [-0.3, -0.25) is 13.9 Å².